The summed E-state index contributed by atoms with van der Waals surface area (Å²) >= 11 is -2.07. The van der Waals surface area contributed by atoms with Gasteiger partial charge in [0.15, 0.2) is 0 Å². The van der Waals surface area contributed by atoms with Crippen molar-refractivity contribution in [1.29, 1.82) is 0 Å². The third-order valence-electron chi connectivity index (χ3n) is 5.12. The molecule has 0 aromatic heterocycles. The molecule has 0 N–H and O–H groups in total. The molecular weight excluding hydrogens is 391 g/mol. The van der Waals surface area contributed by atoms with Crippen LogP contribution in [0.1, 0.15) is 72.1 Å². The third kappa shape index (κ3) is 9.50. The predicted molar refractivity (Wildman–Crippen MR) is 104 cm³/mol. The molecule has 1 aliphatic rings. The van der Waals surface area contributed by atoms with Gasteiger partial charge < -0.3 is 0 Å². The van der Waals surface area contributed by atoms with E-state index in [-0.39, 0.29) is 0 Å². The van der Waals surface area contributed by atoms with Gasteiger partial charge in [0.2, 0.25) is 0 Å². The molecule has 0 radical (unpaired) electrons. The SMILES string of the molecule is CCC[CH2][Sn]([CH2]CCC)([CH2]CCC)[CH2]OC/C=C\C1CCCO1. The van der Waals surface area contributed by atoms with E-state index in [9.17, 15) is 0 Å². The van der Waals surface area contributed by atoms with Gasteiger partial charge in [-0.3, -0.25) is 0 Å². The molecule has 0 amide bonds. The normalized spacial score (nSPS) is 19.0. The van der Waals surface area contributed by atoms with E-state index in [2.05, 4.69) is 32.9 Å². The van der Waals surface area contributed by atoms with E-state index in [1.165, 1.54) is 51.4 Å². The molecule has 0 bridgehead atoms. The van der Waals surface area contributed by atoms with Crippen molar-refractivity contribution >= 4 is 18.4 Å². The second-order valence-electron chi connectivity index (χ2n) is 7.31. The average Bonchev–Trinajstić information content (AvgIpc) is 3.09. The summed E-state index contributed by atoms with van der Waals surface area (Å²) in [5, 5.41) is 0. The summed E-state index contributed by atoms with van der Waals surface area (Å²) in [6.45, 7) is 8.73. The fourth-order valence-electron chi connectivity index (χ4n) is 3.55. The van der Waals surface area contributed by atoms with Crippen LogP contribution >= 0.6 is 0 Å². The molecule has 3 heteroatoms. The molecule has 136 valence electrons. The van der Waals surface area contributed by atoms with Crippen LogP contribution in [0.4, 0.5) is 0 Å². The second-order valence-corrected chi connectivity index (χ2v) is 21.0. The molecule has 1 saturated heterocycles. The van der Waals surface area contributed by atoms with Gasteiger partial charge >= 0.3 is 149 Å². The van der Waals surface area contributed by atoms with Crippen LogP contribution < -0.4 is 0 Å². The molecule has 23 heavy (non-hydrogen) atoms. The van der Waals surface area contributed by atoms with Gasteiger partial charge in [-0.15, -0.1) is 0 Å². The maximum absolute atomic E-state index is 6.20. The zero-order valence-electron chi connectivity index (χ0n) is 15.9. The number of ether oxygens (including phenoxy) is 2. The van der Waals surface area contributed by atoms with Crippen molar-refractivity contribution < 1.29 is 9.47 Å². The van der Waals surface area contributed by atoms with Crippen molar-refractivity contribution in [3.63, 3.8) is 0 Å². The Kier molecular flexibility index (Phi) is 12.8. The summed E-state index contributed by atoms with van der Waals surface area (Å²) in [5.41, 5.74) is 0. The van der Waals surface area contributed by atoms with Crippen LogP contribution in [-0.2, 0) is 9.47 Å². The quantitative estimate of drug-likeness (QED) is 0.187. The molecule has 1 heterocycles. The van der Waals surface area contributed by atoms with Gasteiger partial charge in [0.05, 0.1) is 0 Å². The van der Waals surface area contributed by atoms with Crippen LogP contribution in [-0.4, -0.2) is 42.3 Å². The summed E-state index contributed by atoms with van der Waals surface area (Å²) in [7, 11) is 0. The van der Waals surface area contributed by atoms with E-state index in [1.54, 1.807) is 13.3 Å². The second kappa shape index (κ2) is 13.7. The molecule has 1 aliphatic heterocycles. The Morgan fingerprint density at radius 3 is 2.09 bits per heavy atom. The Hall–Kier alpha value is 0.459. The molecule has 0 aromatic rings. The number of rotatable bonds is 14. The van der Waals surface area contributed by atoms with Crippen molar-refractivity contribution in [3.8, 4) is 0 Å². The zero-order valence-corrected chi connectivity index (χ0v) is 18.8. The molecule has 2 nitrogen and oxygen atoms in total. The molecule has 1 fully saturated rings. The van der Waals surface area contributed by atoms with Crippen molar-refractivity contribution in [1.82, 2.24) is 0 Å². The first-order valence-corrected chi connectivity index (χ1v) is 18.2. The Bertz CT molecular complexity index is 276. The first-order chi connectivity index (χ1) is 11.3. The van der Waals surface area contributed by atoms with Crippen LogP contribution in [0.25, 0.3) is 0 Å². The minimum absolute atomic E-state index is 0.354. The molecule has 1 unspecified atom stereocenters. The maximum atomic E-state index is 6.20. The molecule has 0 spiro atoms. The van der Waals surface area contributed by atoms with Crippen LogP contribution in [0.5, 0.6) is 0 Å². The summed E-state index contributed by atoms with van der Waals surface area (Å²) < 4.78 is 17.6. The topological polar surface area (TPSA) is 18.5 Å². The Morgan fingerprint density at radius 1 is 1.00 bits per heavy atom. The van der Waals surface area contributed by atoms with Crippen LogP contribution in [0.15, 0.2) is 12.2 Å². The van der Waals surface area contributed by atoms with Gasteiger partial charge in [0, 0.05) is 0 Å². The molecule has 0 aromatic carbocycles. The van der Waals surface area contributed by atoms with E-state index in [1.807, 2.05) is 0 Å². The van der Waals surface area contributed by atoms with Crippen molar-refractivity contribution in [3.05, 3.63) is 12.2 Å². The van der Waals surface area contributed by atoms with E-state index < -0.39 is 18.4 Å². The van der Waals surface area contributed by atoms with E-state index in [0.29, 0.717) is 6.10 Å². The van der Waals surface area contributed by atoms with Gasteiger partial charge in [0.25, 0.3) is 0 Å². The Balaban J connectivity index is 2.43. The van der Waals surface area contributed by atoms with E-state index in [4.69, 9.17) is 9.47 Å². The number of unbranched alkanes of at least 4 members (excludes halogenated alkanes) is 3. The van der Waals surface area contributed by atoms with Gasteiger partial charge in [-0.1, -0.05) is 0 Å². The van der Waals surface area contributed by atoms with Crippen molar-refractivity contribution in [2.45, 2.75) is 91.6 Å². The van der Waals surface area contributed by atoms with Gasteiger partial charge in [0.1, 0.15) is 0 Å². The van der Waals surface area contributed by atoms with Crippen LogP contribution in [0.2, 0.25) is 13.3 Å². The third-order valence-corrected chi connectivity index (χ3v) is 19.6. The molecule has 1 atom stereocenters. The summed E-state index contributed by atoms with van der Waals surface area (Å²) in [4.78, 5) is 0. The molecule has 0 aliphatic carbocycles. The van der Waals surface area contributed by atoms with Gasteiger partial charge in [-0.25, -0.2) is 0 Å². The van der Waals surface area contributed by atoms with Crippen molar-refractivity contribution in [2.75, 3.05) is 17.8 Å². The number of hydrogen-bond donors (Lipinski definition) is 0. The van der Waals surface area contributed by atoms with Gasteiger partial charge in [-0.2, -0.15) is 0 Å². The van der Waals surface area contributed by atoms with E-state index >= 15 is 0 Å². The minimum atomic E-state index is -2.07. The van der Waals surface area contributed by atoms with Crippen molar-refractivity contribution in [2.24, 2.45) is 0 Å². The molecule has 1 rings (SSSR count). The molecular formula is C20H40O2Sn. The van der Waals surface area contributed by atoms with Crippen LogP contribution in [0.3, 0.4) is 0 Å². The fraction of sp³-hybridized carbons (Fsp3) is 0.900. The first kappa shape index (κ1) is 21.5. The standard InChI is InChI=1S/C8H13O2.3C4H9.Sn/c1-9-6-2-4-8-5-3-7-10-8;3*1-3-4-2;/h2,4,8H,1,3,5-7H2;3*1,3-4H2,2H3;/b4-2-;;;;. The molecule has 0 saturated carbocycles. The fourth-order valence-corrected chi connectivity index (χ4v) is 17.9. The van der Waals surface area contributed by atoms with Crippen LogP contribution in [0, 0.1) is 0 Å². The Morgan fingerprint density at radius 2 is 1.61 bits per heavy atom. The summed E-state index contributed by atoms with van der Waals surface area (Å²) in [6, 6.07) is 0. The monoisotopic (exact) mass is 432 g/mol. The zero-order chi connectivity index (χ0) is 16.8. The summed E-state index contributed by atoms with van der Waals surface area (Å²) in [5.74, 6) is 0. The summed E-state index contributed by atoms with van der Waals surface area (Å²) in [6.07, 6.45) is 15.5. The number of hydrogen-bond acceptors (Lipinski definition) is 2. The first-order valence-electron chi connectivity index (χ1n) is 10.1. The predicted octanol–water partition coefficient (Wildman–Crippen LogP) is 6.13. The Labute approximate surface area is 149 Å². The van der Waals surface area contributed by atoms with E-state index in [0.717, 1.165) is 17.8 Å². The average molecular weight is 431 g/mol. The van der Waals surface area contributed by atoms with Gasteiger partial charge in [-0.05, 0) is 0 Å².